The number of aryl methyl sites for hydroxylation is 1. The number of carbonyl (C=O) groups is 2. The molecule has 0 spiro atoms. The second-order valence-electron chi connectivity index (χ2n) is 12.9. The van der Waals surface area contributed by atoms with Crippen molar-refractivity contribution in [3.63, 3.8) is 0 Å². The summed E-state index contributed by atoms with van der Waals surface area (Å²) in [6, 6.07) is 24.6. The van der Waals surface area contributed by atoms with Gasteiger partial charge >= 0.3 is 11.9 Å². The molecular formula is C44H50N6O7. The van der Waals surface area contributed by atoms with E-state index in [9.17, 15) is 14.7 Å². The van der Waals surface area contributed by atoms with Crippen LogP contribution < -0.4 is 9.47 Å². The zero-order chi connectivity index (χ0) is 40.5. The van der Waals surface area contributed by atoms with E-state index in [1.807, 2.05) is 49.4 Å². The third kappa shape index (κ3) is 16.8. The average Bonchev–Trinajstić information content (AvgIpc) is 3.23. The Kier molecular flexibility index (Phi) is 18.8. The van der Waals surface area contributed by atoms with Crippen molar-refractivity contribution >= 4 is 46.1 Å². The third-order valence-corrected chi connectivity index (χ3v) is 8.45. The molecule has 0 radical (unpaired) electrons. The van der Waals surface area contributed by atoms with E-state index < -0.39 is 5.97 Å². The lowest BCUT2D eigenvalue weighted by Crippen LogP contribution is -2.07. The van der Waals surface area contributed by atoms with Crippen LogP contribution in [0, 0.1) is 6.92 Å². The molecule has 0 unspecified atom stereocenters. The molecule has 0 aliphatic rings. The molecule has 13 heteroatoms. The number of aromatic hydroxyl groups is 1. The Morgan fingerprint density at radius 1 is 0.526 bits per heavy atom. The van der Waals surface area contributed by atoms with Crippen LogP contribution in [0.1, 0.15) is 69.8 Å². The van der Waals surface area contributed by atoms with E-state index in [1.165, 1.54) is 56.7 Å². The van der Waals surface area contributed by atoms with Crippen molar-refractivity contribution in [2.24, 2.45) is 30.7 Å². The van der Waals surface area contributed by atoms with E-state index in [0.29, 0.717) is 41.7 Å². The summed E-state index contributed by atoms with van der Waals surface area (Å²) in [6.07, 6.45) is 13.8. The second kappa shape index (κ2) is 24.8. The number of rotatable bonds is 25. The molecule has 0 saturated heterocycles. The van der Waals surface area contributed by atoms with Gasteiger partial charge in [0, 0.05) is 18.2 Å². The van der Waals surface area contributed by atoms with Gasteiger partial charge in [-0.15, -0.1) is 5.11 Å². The summed E-state index contributed by atoms with van der Waals surface area (Å²) in [6.45, 7) is 9.51. The number of azo groups is 3. The minimum atomic E-state index is -0.613. The maximum Gasteiger partial charge on any atom is 0.333 e. The fraction of sp³-hybridized carbons (Fsp3) is 0.318. The number of phenols is 1. The standard InChI is InChI=1S/C44H50N6O7/c1-4-43(52)55-29-15-13-11-9-7-6-8-10-12-14-28-54-38-23-20-36(21-24-38)45-48-37-22-26-40(33(3)30-37)49-46-34-16-18-35(19-17-34)47-50-41-27-25-39(31-42(41)51)56-32-57-44(53)5-2/h4-5,16-27,30-31,51H,1-2,6-15,28-29,32H2,3H3. The highest BCUT2D eigenvalue weighted by molar-refractivity contribution is 5.81. The zero-order valence-corrected chi connectivity index (χ0v) is 32.4. The van der Waals surface area contributed by atoms with Gasteiger partial charge in [0.05, 0.1) is 41.7 Å². The van der Waals surface area contributed by atoms with Gasteiger partial charge in [-0.2, -0.15) is 25.6 Å². The smallest absolute Gasteiger partial charge is 0.333 e. The van der Waals surface area contributed by atoms with Gasteiger partial charge in [0.1, 0.15) is 22.9 Å². The van der Waals surface area contributed by atoms with Gasteiger partial charge in [-0.05, 0) is 104 Å². The summed E-state index contributed by atoms with van der Waals surface area (Å²) in [4.78, 5) is 22.1. The van der Waals surface area contributed by atoms with Crippen LogP contribution in [0.25, 0.3) is 0 Å². The van der Waals surface area contributed by atoms with E-state index in [4.69, 9.17) is 18.9 Å². The van der Waals surface area contributed by atoms with E-state index in [1.54, 1.807) is 30.3 Å². The van der Waals surface area contributed by atoms with Gasteiger partial charge in [-0.25, -0.2) is 9.59 Å². The van der Waals surface area contributed by atoms with Crippen molar-refractivity contribution in [3.8, 4) is 17.2 Å². The number of esters is 2. The molecule has 57 heavy (non-hydrogen) atoms. The van der Waals surface area contributed by atoms with Crippen LogP contribution >= 0.6 is 0 Å². The van der Waals surface area contributed by atoms with Crippen LogP contribution in [-0.4, -0.2) is 37.1 Å². The molecule has 4 aromatic carbocycles. The van der Waals surface area contributed by atoms with Crippen LogP contribution in [0.2, 0.25) is 0 Å². The minimum Gasteiger partial charge on any atom is -0.505 e. The first-order valence-electron chi connectivity index (χ1n) is 19.1. The number of unbranched alkanes of at least 4 members (excludes halogenated alkanes) is 9. The molecule has 0 aromatic heterocycles. The fourth-order valence-electron chi connectivity index (χ4n) is 5.28. The fourth-order valence-corrected chi connectivity index (χ4v) is 5.28. The van der Waals surface area contributed by atoms with Crippen molar-refractivity contribution in [1.82, 2.24) is 0 Å². The molecule has 0 fully saturated rings. The van der Waals surface area contributed by atoms with Crippen LogP contribution in [0.15, 0.2) is 141 Å². The molecule has 13 nitrogen and oxygen atoms in total. The SMILES string of the molecule is C=CC(=O)OCCCCCCCCCCCCOc1ccc(N=Nc2ccc(N=Nc3ccc(N=Nc4ccc(OCOC(=O)C=C)cc4O)cc3)c(C)c2)cc1. The maximum absolute atomic E-state index is 11.1. The van der Waals surface area contributed by atoms with Gasteiger partial charge in [-0.1, -0.05) is 64.5 Å². The maximum atomic E-state index is 11.1. The molecule has 298 valence electrons. The van der Waals surface area contributed by atoms with Gasteiger partial charge in [-0.3, -0.25) is 0 Å². The van der Waals surface area contributed by atoms with Crippen molar-refractivity contribution < 1.29 is 33.6 Å². The largest absolute Gasteiger partial charge is 0.505 e. The van der Waals surface area contributed by atoms with Gasteiger partial charge in [0.2, 0.25) is 6.79 Å². The normalized spacial score (nSPS) is 11.2. The number of benzene rings is 4. The van der Waals surface area contributed by atoms with Crippen LogP contribution in [0.4, 0.5) is 34.1 Å². The van der Waals surface area contributed by atoms with E-state index >= 15 is 0 Å². The molecule has 0 atom stereocenters. The summed E-state index contributed by atoms with van der Waals surface area (Å²) >= 11 is 0. The topological polar surface area (TPSA) is 165 Å². The Balaban J connectivity index is 1.12. The van der Waals surface area contributed by atoms with Crippen molar-refractivity contribution in [2.75, 3.05) is 20.0 Å². The van der Waals surface area contributed by atoms with Crippen LogP contribution in [0.5, 0.6) is 17.2 Å². The Morgan fingerprint density at radius 3 is 1.56 bits per heavy atom. The molecule has 0 amide bonds. The molecule has 0 bridgehead atoms. The van der Waals surface area contributed by atoms with Crippen molar-refractivity contribution in [2.45, 2.75) is 71.1 Å². The number of nitrogens with zero attached hydrogens (tertiary/aromatic N) is 6. The first-order chi connectivity index (χ1) is 27.8. The highest BCUT2D eigenvalue weighted by atomic mass is 16.7. The van der Waals surface area contributed by atoms with E-state index in [0.717, 1.165) is 48.8 Å². The lowest BCUT2D eigenvalue weighted by Gasteiger charge is -2.07. The summed E-state index contributed by atoms with van der Waals surface area (Å²) in [5.74, 6) is 0.0162. The zero-order valence-electron chi connectivity index (χ0n) is 32.4. The van der Waals surface area contributed by atoms with E-state index in [2.05, 4.69) is 43.8 Å². The predicted molar refractivity (Wildman–Crippen MR) is 219 cm³/mol. The molecule has 0 aliphatic carbocycles. The van der Waals surface area contributed by atoms with Gasteiger partial charge in [0.25, 0.3) is 0 Å². The molecule has 4 aromatic rings. The lowest BCUT2D eigenvalue weighted by molar-refractivity contribution is -0.144. The molecule has 0 saturated carbocycles. The average molecular weight is 775 g/mol. The van der Waals surface area contributed by atoms with Crippen molar-refractivity contribution in [3.05, 3.63) is 116 Å². The Hall–Kier alpha value is -6.50. The van der Waals surface area contributed by atoms with E-state index in [-0.39, 0.29) is 24.2 Å². The molecule has 1 N–H and O–H groups in total. The van der Waals surface area contributed by atoms with Crippen molar-refractivity contribution in [1.29, 1.82) is 0 Å². The van der Waals surface area contributed by atoms with Crippen LogP contribution in [-0.2, 0) is 19.1 Å². The Bertz CT molecular complexity index is 1980. The Morgan fingerprint density at radius 2 is 0.982 bits per heavy atom. The monoisotopic (exact) mass is 774 g/mol. The molecule has 0 aliphatic heterocycles. The highest BCUT2D eigenvalue weighted by Crippen LogP contribution is 2.33. The third-order valence-electron chi connectivity index (χ3n) is 8.45. The van der Waals surface area contributed by atoms with Gasteiger partial charge < -0.3 is 24.1 Å². The minimum absolute atomic E-state index is 0.147. The second-order valence-corrected chi connectivity index (χ2v) is 12.9. The number of ether oxygens (including phenoxy) is 4. The molecule has 4 rings (SSSR count). The number of carbonyl (C=O) groups excluding carboxylic acids is 2. The summed E-state index contributed by atoms with van der Waals surface area (Å²) < 4.78 is 20.9. The highest BCUT2D eigenvalue weighted by Gasteiger charge is 2.05. The van der Waals surface area contributed by atoms with Gasteiger partial charge in [0.15, 0.2) is 0 Å². The number of phenolic OH excluding ortho intramolecular Hbond substituents is 1. The first-order valence-corrected chi connectivity index (χ1v) is 19.1. The number of hydrogen-bond acceptors (Lipinski definition) is 13. The molecule has 0 heterocycles. The molecular weight excluding hydrogens is 725 g/mol. The lowest BCUT2D eigenvalue weighted by atomic mass is 10.1. The quantitative estimate of drug-likeness (QED) is 0.0230. The Labute approximate surface area is 333 Å². The first kappa shape index (κ1) is 43.2. The van der Waals surface area contributed by atoms with Crippen LogP contribution in [0.3, 0.4) is 0 Å². The number of hydrogen-bond donors (Lipinski definition) is 1. The summed E-state index contributed by atoms with van der Waals surface area (Å²) in [7, 11) is 0. The predicted octanol–water partition coefficient (Wildman–Crippen LogP) is 13.0. The summed E-state index contributed by atoms with van der Waals surface area (Å²) in [5.41, 5.74) is 4.45. The summed E-state index contributed by atoms with van der Waals surface area (Å²) in [5, 5.41) is 36.0.